The highest BCUT2D eigenvalue weighted by atomic mass is 15.5. The molecule has 0 aliphatic carbocycles. The molecular weight excluding hydrogens is 138 g/mol. The van der Waals surface area contributed by atoms with E-state index in [0.717, 1.165) is 6.54 Å². The Morgan fingerprint density at radius 3 is 2.27 bits per heavy atom. The predicted molar refractivity (Wildman–Crippen MR) is 45.5 cm³/mol. The zero-order valence-electron chi connectivity index (χ0n) is 7.43. The standard InChI is InChI=1S/C8H17N3/c1-10-5-6-11(2)8(10)3-4-9-7-8/h9H,3-7H2,1-2H3. The summed E-state index contributed by atoms with van der Waals surface area (Å²) in [5, 5.41) is 3.43. The van der Waals surface area contributed by atoms with Gasteiger partial charge in [0.15, 0.2) is 0 Å². The van der Waals surface area contributed by atoms with Crippen LogP contribution in [0.3, 0.4) is 0 Å². The molecule has 0 saturated carbocycles. The summed E-state index contributed by atoms with van der Waals surface area (Å²) in [5.74, 6) is 0. The van der Waals surface area contributed by atoms with Crippen molar-refractivity contribution in [1.29, 1.82) is 0 Å². The molecule has 2 saturated heterocycles. The van der Waals surface area contributed by atoms with Gasteiger partial charge in [-0.05, 0) is 27.1 Å². The Morgan fingerprint density at radius 2 is 1.82 bits per heavy atom. The van der Waals surface area contributed by atoms with Gasteiger partial charge in [0.1, 0.15) is 0 Å². The number of hydrogen-bond donors (Lipinski definition) is 1. The van der Waals surface area contributed by atoms with Gasteiger partial charge in [-0.15, -0.1) is 0 Å². The lowest BCUT2D eigenvalue weighted by molar-refractivity contribution is 0.0701. The second-order valence-electron chi connectivity index (χ2n) is 3.75. The molecule has 64 valence electrons. The molecule has 2 aliphatic heterocycles. The molecule has 1 N–H and O–H groups in total. The summed E-state index contributed by atoms with van der Waals surface area (Å²) in [6.45, 7) is 4.76. The highest BCUT2D eigenvalue weighted by Crippen LogP contribution is 2.29. The van der Waals surface area contributed by atoms with Gasteiger partial charge in [0.2, 0.25) is 0 Å². The van der Waals surface area contributed by atoms with Crippen molar-refractivity contribution in [2.75, 3.05) is 40.3 Å². The lowest BCUT2D eigenvalue weighted by Gasteiger charge is -2.36. The first-order valence-electron chi connectivity index (χ1n) is 4.39. The zero-order chi connectivity index (χ0) is 7.90. The van der Waals surface area contributed by atoms with Gasteiger partial charge in [-0.2, -0.15) is 0 Å². The fraction of sp³-hybridized carbons (Fsp3) is 1.00. The zero-order valence-corrected chi connectivity index (χ0v) is 7.43. The van der Waals surface area contributed by atoms with Crippen molar-refractivity contribution >= 4 is 0 Å². The fourth-order valence-electron chi connectivity index (χ4n) is 2.32. The Kier molecular flexibility index (Phi) is 1.67. The second kappa shape index (κ2) is 2.44. The molecule has 0 bridgehead atoms. The number of rotatable bonds is 0. The molecule has 0 atom stereocenters. The molecule has 0 amide bonds. The lowest BCUT2D eigenvalue weighted by atomic mass is 10.1. The van der Waals surface area contributed by atoms with Crippen molar-refractivity contribution in [3.8, 4) is 0 Å². The van der Waals surface area contributed by atoms with E-state index in [4.69, 9.17) is 0 Å². The minimum Gasteiger partial charge on any atom is -0.313 e. The van der Waals surface area contributed by atoms with Gasteiger partial charge in [-0.1, -0.05) is 0 Å². The number of likely N-dealkylation sites (N-methyl/N-ethyl adjacent to an activating group) is 2. The van der Waals surface area contributed by atoms with Gasteiger partial charge in [0.25, 0.3) is 0 Å². The Labute approximate surface area is 68.4 Å². The summed E-state index contributed by atoms with van der Waals surface area (Å²) in [6.07, 6.45) is 1.28. The van der Waals surface area contributed by atoms with E-state index in [9.17, 15) is 0 Å². The molecule has 2 aliphatic rings. The van der Waals surface area contributed by atoms with Gasteiger partial charge in [-0.3, -0.25) is 9.80 Å². The van der Waals surface area contributed by atoms with Crippen LogP contribution in [0.1, 0.15) is 6.42 Å². The van der Waals surface area contributed by atoms with E-state index in [1.807, 2.05) is 0 Å². The molecule has 0 aromatic carbocycles. The molecule has 0 unspecified atom stereocenters. The highest BCUT2D eigenvalue weighted by Gasteiger charge is 2.44. The lowest BCUT2D eigenvalue weighted by Crippen LogP contribution is -2.52. The average molecular weight is 155 g/mol. The maximum absolute atomic E-state index is 3.43. The van der Waals surface area contributed by atoms with Crippen LogP contribution in [0.2, 0.25) is 0 Å². The third-order valence-corrected chi connectivity index (χ3v) is 3.30. The van der Waals surface area contributed by atoms with Crippen LogP contribution in [0.25, 0.3) is 0 Å². The normalized spacial score (nSPS) is 32.2. The number of nitrogens with zero attached hydrogens (tertiary/aromatic N) is 2. The van der Waals surface area contributed by atoms with Crippen LogP contribution < -0.4 is 5.32 Å². The van der Waals surface area contributed by atoms with Crippen LogP contribution in [-0.2, 0) is 0 Å². The van der Waals surface area contributed by atoms with Crippen molar-refractivity contribution in [1.82, 2.24) is 15.1 Å². The van der Waals surface area contributed by atoms with Crippen molar-refractivity contribution in [3.05, 3.63) is 0 Å². The van der Waals surface area contributed by atoms with Crippen molar-refractivity contribution in [2.45, 2.75) is 12.1 Å². The average Bonchev–Trinajstić information content (AvgIpc) is 2.56. The summed E-state index contributed by atoms with van der Waals surface area (Å²) in [6, 6.07) is 0. The summed E-state index contributed by atoms with van der Waals surface area (Å²) in [5.41, 5.74) is 0.361. The molecule has 11 heavy (non-hydrogen) atoms. The molecule has 0 aromatic heterocycles. The quantitative estimate of drug-likeness (QED) is 0.511. The summed E-state index contributed by atoms with van der Waals surface area (Å²) >= 11 is 0. The summed E-state index contributed by atoms with van der Waals surface area (Å²) in [4.78, 5) is 4.96. The maximum atomic E-state index is 3.43. The minimum absolute atomic E-state index is 0.361. The van der Waals surface area contributed by atoms with Gasteiger partial charge in [-0.25, -0.2) is 0 Å². The van der Waals surface area contributed by atoms with E-state index in [-0.39, 0.29) is 0 Å². The van der Waals surface area contributed by atoms with Crippen LogP contribution in [0, 0.1) is 0 Å². The van der Waals surface area contributed by atoms with E-state index in [2.05, 4.69) is 29.2 Å². The highest BCUT2D eigenvalue weighted by molar-refractivity contribution is 4.99. The molecule has 3 heteroatoms. The third kappa shape index (κ3) is 0.916. The minimum atomic E-state index is 0.361. The SMILES string of the molecule is CN1CCN(C)C12CCNC2. The van der Waals surface area contributed by atoms with Crippen LogP contribution in [-0.4, -0.2) is 55.7 Å². The number of nitrogens with one attached hydrogen (secondary N) is 1. The van der Waals surface area contributed by atoms with Crippen LogP contribution in [0.15, 0.2) is 0 Å². The predicted octanol–water partition coefficient (Wildman–Crippen LogP) is -0.447. The Hall–Kier alpha value is -0.120. The molecule has 2 fully saturated rings. The van der Waals surface area contributed by atoms with Gasteiger partial charge < -0.3 is 5.32 Å². The summed E-state index contributed by atoms with van der Waals surface area (Å²) < 4.78 is 0. The molecular formula is C8H17N3. The Morgan fingerprint density at radius 1 is 1.18 bits per heavy atom. The van der Waals surface area contributed by atoms with Crippen LogP contribution in [0.5, 0.6) is 0 Å². The topological polar surface area (TPSA) is 18.5 Å². The van der Waals surface area contributed by atoms with E-state index in [1.54, 1.807) is 0 Å². The first kappa shape index (κ1) is 7.53. The van der Waals surface area contributed by atoms with E-state index >= 15 is 0 Å². The van der Waals surface area contributed by atoms with Crippen LogP contribution >= 0.6 is 0 Å². The summed E-state index contributed by atoms with van der Waals surface area (Å²) in [7, 11) is 4.47. The fourth-order valence-corrected chi connectivity index (χ4v) is 2.32. The van der Waals surface area contributed by atoms with E-state index in [0.29, 0.717) is 5.66 Å². The second-order valence-corrected chi connectivity index (χ2v) is 3.75. The maximum Gasteiger partial charge on any atom is 0.0874 e. The molecule has 0 aromatic rings. The number of hydrogen-bond acceptors (Lipinski definition) is 3. The Balaban J connectivity index is 2.19. The van der Waals surface area contributed by atoms with E-state index < -0.39 is 0 Å². The first-order chi connectivity index (χ1) is 5.26. The smallest absolute Gasteiger partial charge is 0.0874 e. The van der Waals surface area contributed by atoms with Gasteiger partial charge in [0, 0.05) is 19.6 Å². The molecule has 2 heterocycles. The molecule has 0 radical (unpaired) electrons. The molecule has 1 spiro atoms. The van der Waals surface area contributed by atoms with Crippen molar-refractivity contribution in [3.63, 3.8) is 0 Å². The van der Waals surface area contributed by atoms with Crippen LogP contribution in [0.4, 0.5) is 0 Å². The van der Waals surface area contributed by atoms with Gasteiger partial charge in [0.05, 0.1) is 5.66 Å². The molecule has 2 rings (SSSR count). The van der Waals surface area contributed by atoms with E-state index in [1.165, 1.54) is 26.1 Å². The third-order valence-electron chi connectivity index (χ3n) is 3.30. The van der Waals surface area contributed by atoms with Crippen molar-refractivity contribution < 1.29 is 0 Å². The Bertz CT molecular complexity index is 139. The first-order valence-corrected chi connectivity index (χ1v) is 4.39. The van der Waals surface area contributed by atoms with Gasteiger partial charge >= 0.3 is 0 Å². The van der Waals surface area contributed by atoms with Crippen molar-refractivity contribution in [2.24, 2.45) is 0 Å². The monoisotopic (exact) mass is 155 g/mol. The molecule has 3 nitrogen and oxygen atoms in total. The largest absolute Gasteiger partial charge is 0.313 e.